The molecule has 4 heteroatoms. The number of fused-ring (bicyclic) bond motifs is 1. The summed E-state index contributed by atoms with van der Waals surface area (Å²) < 4.78 is 20.0. The van der Waals surface area contributed by atoms with Gasteiger partial charge in [-0.3, -0.25) is 4.98 Å². The van der Waals surface area contributed by atoms with Crippen LogP contribution in [0.1, 0.15) is 27.2 Å². The second kappa shape index (κ2) is 7.60. The maximum atomic E-state index is 14.4. The Labute approximate surface area is 147 Å². The summed E-state index contributed by atoms with van der Waals surface area (Å²) >= 11 is 0. The molecule has 0 saturated carbocycles. The summed E-state index contributed by atoms with van der Waals surface area (Å²) in [4.78, 5) is 8.54. The Kier molecular flexibility index (Phi) is 5.27. The Bertz CT molecular complexity index is 858. The number of ether oxygens (including phenoxy) is 1. The molecule has 0 spiro atoms. The van der Waals surface area contributed by atoms with Gasteiger partial charge in [-0.25, -0.2) is 9.37 Å². The third kappa shape index (κ3) is 4.13. The van der Waals surface area contributed by atoms with Gasteiger partial charge in [-0.2, -0.15) is 0 Å². The van der Waals surface area contributed by atoms with Crippen molar-refractivity contribution in [1.29, 1.82) is 0 Å². The lowest BCUT2D eigenvalue weighted by molar-refractivity contribution is 0.222. The molecule has 3 rings (SSSR count). The van der Waals surface area contributed by atoms with Gasteiger partial charge >= 0.3 is 0 Å². The molecule has 0 N–H and O–H groups in total. The van der Waals surface area contributed by atoms with Crippen LogP contribution in [0.25, 0.3) is 22.0 Å². The van der Waals surface area contributed by atoms with Gasteiger partial charge in [0.15, 0.2) is 5.82 Å². The standard InChI is InChI=1S/C21H23FN2O/c1-14(2)10-15(3)13-25-21-19(22)11-16(12-24-21)17-8-9-23-20-7-5-4-6-18(17)20/h4-9,11-12,14-15H,10,13H2,1-3H3/t15-/m0/s1. The van der Waals surface area contributed by atoms with Crippen LogP contribution < -0.4 is 4.74 Å². The summed E-state index contributed by atoms with van der Waals surface area (Å²) in [7, 11) is 0. The fourth-order valence-corrected chi connectivity index (χ4v) is 3.12. The zero-order valence-electron chi connectivity index (χ0n) is 14.9. The maximum Gasteiger partial charge on any atom is 0.250 e. The highest BCUT2D eigenvalue weighted by Crippen LogP contribution is 2.29. The second-order valence-corrected chi connectivity index (χ2v) is 6.93. The van der Waals surface area contributed by atoms with Crippen LogP contribution in [0, 0.1) is 17.7 Å². The first-order valence-electron chi connectivity index (χ1n) is 8.67. The minimum absolute atomic E-state index is 0.0673. The molecule has 0 aliphatic carbocycles. The van der Waals surface area contributed by atoms with Crippen LogP contribution in [0.3, 0.4) is 0 Å². The van der Waals surface area contributed by atoms with Gasteiger partial charge in [-0.05, 0) is 42.0 Å². The van der Waals surface area contributed by atoms with Crippen LogP contribution in [0.4, 0.5) is 4.39 Å². The van der Waals surface area contributed by atoms with Gasteiger partial charge in [0.2, 0.25) is 5.88 Å². The molecule has 2 heterocycles. The average molecular weight is 338 g/mol. The molecule has 0 fully saturated rings. The lowest BCUT2D eigenvalue weighted by Crippen LogP contribution is -2.12. The number of nitrogens with zero attached hydrogens (tertiary/aromatic N) is 2. The average Bonchev–Trinajstić information content (AvgIpc) is 2.59. The smallest absolute Gasteiger partial charge is 0.250 e. The van der Waals surface area contributed by atoms with Crippen molar-refractivity contribution in [2.45, 2.75) is 27.2 Å². The molecule has 0 aliphatic heterocycles. The highest BCUT2D eigenvalue weighted by Gasteiger charge is 2.12. The van der Waals surface area contributed by atoms with E-state index >= 15 is 0 Å². The summed E-state index contributed by atoms with van der Waals surface area (Å²) in [5.41, 5.74) is 2.51. The van der Waals surface area contributed by atoms with E-state index in [1.807, 2.05) is 30.3 Å². The topological polar surface area (TPSA) is 35.0 Å². The lowest BCUT2D eigenvalue weighted by Gasteiger charge is -2.15. The Hall–Kier alpha value is -2.49. The zero-order valence-corrected chi connectivity index (χ0v) is 14.9. The van der Waals surface area contributed by atoms with E-state index in [1.165, 1.54) is 6.07 Å². The van der Waals surface area contributed by atoms with Gasteiger partial charge in [-0.1, -0.05) is 39.0 Å². The molecule has 3 nitrogen and oxygen atoms in total. The summed E-state index contributed by atoms with van der Waals surface area (Å²) in [5.74, 6) is 0.594. The first-order valence-corrected chi connectivity index (χ1v) is 8.67. The fourth-order valence-electron chi connectivity index (χ4n) is 3.12. The van der Waals surface area contributed by atoms with Gasteiger partial charge in [0.05, 0.1) is 12.1 Å². The predicted octanol–water partition coefficient (Wildman–Crippen LogP) is 5.50. The highest BCUT2D eigenvalue weighted by molar-refractivity contribution is 5.94. The van der Waals surface area contributed by atoms with Gasteiger partial charge < -0.3 is 4.74 Å². The molecular formula is C21H23FN2O. The van der Waals surface area contributed by atoms with E-state index in [0.29, 0.717) is 18.4 Å². The zero-order chi connectivity index (χ0) is 17.8. The van der Waals surface area contributed by atoms with Crippen molar-refractivity contribution in [3.63, 3.8) is 0 Å². The van der Waals surface area contributed by atoms with Gasteiger partial charge in [0.1, 0.15) is 0 Å². The summed E-state index contributed by atoms with van der Waals surface area (Å²) in [6.07, 6.45) is 4.43. The Morgan fingerprint density at radius 1 is 1.08 bits per heavy atom. The van der Waals surface area contributed by atoms with Crippen molar-refractivity contribution in [3.05, 3.63) is 54.6 Å². The molecule has 0 radical (unpaired) electrons. The molecule has 130 valence electrons. The van der Waals surface area contributed by atoms with Crippen molar-refractivity contribution >= 4 is 10.9 Å². The number of halogens is 1. The third-order valence-electron chi connectivity index (χ3n) is 4.15. The number of hydrogen-bond acceptors (Lipinski definition) is 3. The van der Waals surface area contributed by atoms with Crippen LogP contribution >= 0.6 is 0 Å². The lowest BCUT2D eigenvalue weighted by atomic mass is 10.00. The normalized spacial score (nSPS) is 12.5. The van der Waals surface area contributed by atoms with Crippen LogP contribution in [0.5, 0.6) is 5.88 Å². The Balaban J connectivity index is 1.82. The van der Waals surface area contributed by atoms with Crippen LogP contribution in [0.15, 0.2) is 48.8 Å². The molecule has 0 saturated heterocycles. The SMILES string of the molecule is CC(C)C[C@H](C)COc1ncc(-c2ccnc3ccccc23)cc1F. The second-order valence-electron chi connectivity index (χ2n) is 6.93. The summed E-state index contributed by atoms with van der Waals surface area (Å²) in [5, 5.41) is 0.977. The minimum Gasteiger partial charge on any atom is -0.475 e. The van der Waals surface area contributed by atoms with Gasteiger partial charge in [-0.15, -0.1) is 0 Å². The van der Waals surface area contributed by atoms with Crippen molar-refractivity contribution < 1.29 is 9.13 Å². The Morgan fingerprint density at radius 3 is 2.64 bits per heavy atom. The molecule has 25 heavy (non-hydrogen) atoms. The third-order valence-corrected chi connectivity index (χ3v) is 4.15. The predicted molar refractivity (Wildman–Crippen MR) is 99.0 cm³/mol. The number of rotatable bonds is 6. The van der Waals surface area contributed by atoms with Crippen LogP contribution in [-0.4, -0.2) is 16.6 Å². The molecule has 1 atom stereocenters. The summed E-state index contributed by atoms with van der Waals surface area (Å²) in [6.45, 7) is 6.92. The van der Waals surface area contributed by atoms with Crippen molar-refractivity contribution in [2.24, 2.45) is 11.8 Å². The molecule has 0 amide bonds. The van der Waals surface area contributed by atoms with E-state index in [2.05, 4.69) is 30.7 Å². The van der Waals surface area contributed by atoms with Crippen molar-refractivity contribution in [3.8, 4) is 17.0 Å². The molecule has 2 aromatic heterocycles. The van der Waals surface area contributed by atoms with Gasteiger partial charge in [0, 0.05) is 23.3 Å². The number of pyridine rings is 2. The molecule has 3 aromatic rings. The van der Waals surface area contributed by atoms with E-state index in [4.69, 9.17) is 4.74 Å². The number of para-hydroxylation sites is 1. The van der Waals surface area contributed by atoms with Gasteiger partial charge in [0.25, 0.3) is 0 Å². The monoisotopic (exact) mass is 338 g/mol. The minimum atomic E-state index is -0.435. The molecule has 1 aromatic carbocycles. The largest absolute Gasteiger partial charge is 0.475 e. The van der Waals surface area contributed by atoms with E-state index in [0.717, 1.165) is 28.5 Å². The van der Waals surface area contributed by atoms with E-state index in [-0.39, 0.29) is 5.88 Å². The fraction of sp³-hybridized carbons (Fsp3) is 0.333. The first-order chi connectivity index (χ1) is 12.0. The number of benzene rings is 1. The molecule has 0 aliphatic rings. The maximum absolute atomic E-state index is 14.4. The van der Waals surface area contributed by atoms with E-state index in [1.54, 1.807) is 12.4 Å². The first kappa shape index (κ1) is 17.3. The summed E-state index contributed by atoms with van der Waals surface area (Å²) in [6, 6.07) is 11.2. The molecular weight excluding hydrogens is 315 g/mol. The number of hydrogen-bond donors (Lipinski definition) is 0. The van der Waals surface area contributed by atoms with Crippen molar-refractivity contribution in [2.75, 3.05) is 6.61 Å². The van der Waals surface area contributed by atoms with Crippen molar-refractivity contribution in [1.82, 2.24) is 9.97 Å². The Morgan fingerprint density at radius 2 is 1.88 bits per heavy atom. The van der Waals surface area contributed by atoms with Crippen LogP contribution in [-0.2, 0) is 0 Å². The van der Waals surface area contributed by atoms with E-state index in [9.17, 15) is 4.39 Å². The number of aromatic nitrogens is 2. The quantitative estimate of drug-likeness (QED) is 0.595. The highest BCUT2D eigenvalue weighted by atomic mass is 19.1. The van der Waals surface area contributed by atoms with E-state index < -0.39 is 5.82 Å². The molecule has 0 unspecified atom stereocenters. The van der Waals surface area contributed by atoms with Crippen LogP contribution in [0.2, 0.25) is 0 Å². The molecule has 0 bridgehead atoms.